The fourth-order valence-corrected chi connectivity index (χ4v) is 4.73. The maximum absolute atomic E-state index is 5.43. The third kappa shape index (κ3) is 0.882. The molecule has 2 bridgehead atoms. The summed E-state index contributed by atoms with van der Waals surface area (Å²) in [6.07, 6.45) is 2.58. The van der Waals surface area contributed by atoms with Gasteiger partial charge in [0.2, 0.25) is 0 Å². The fraction of sp³-hybridized carbons (Fsp3) is 0.727. The second kappa shape index (κ2) is 2.55. The van der Waals surface area contributed by atoms with E-state index in [1.807, 2.05) is 0 Å². The highest BCUT2D eigenvalue weighted by Gasteiger charge is 2.61. The number of rotatable bonds is 1. The molecule has 2 aliphatic rings. The minimum Gasteiger partial charge on any atom is -0.300 e. The topological polar surface area (TPSA) is 50.9 Å². The van der Waals surface area contributed by atoms with Crippen molar-refractivity contribution in [1.82, 2.24) is 4.98 Å². The maximum atomic E-state index is 5.43. The Hall–Kier alpha value is -0.610. The smallest absolute Gasteiger partial charge is 0.197 e. The summed E-state index contributed by atoms with van der Waals surface area (Å²) >= 11 is 1.74. The number of nitrogens with one attached hydrogen (secondary N) is 1. The van der Waals surface area contributed by atoms with E-state index in [4.69, 9.17) is 5.84 Å². The third-order valence-electron chi connectivity index (χ3n) is 4.84. The van der Waals surface area contributed by atoms with Crippen molar-refractivity contribution < 1.29 is 0 Å². The van der Waals surface area contributed by atoms with E-state index >= 15 is 0 Å². The SMILES string of the molecule is CC12CCC(c3sc(NN)nc31)C2(C)C. The van der Waals surface area contributed by atoms with Gasteiger partial charge in [-0.3, -0.25) is 5.43 Å². The molecule has 0 radical (unpaired) electrons. The first kappa shape index (κ1) is 9.60. The first-order chi connectivity index (χ1) is 7.00. The van der Waals surface area contributed by atoms with Crippen LogP contribution in [0.1, 0.15) is 50.1 Å². The van der Waals surface area contributed by atoms with Crippen molar-refractivity contribution in [2.75, 3.05) is 5.43 Å². The molecule has 0 saturated heterocycles. The summed E-state index contributed by atoms with van der Waals surface area (Å²) in [6.45, 7) is 7.13. The summed E-state index contributed by atoms with van der Waals surface area (Å²) in [5.41, 5.74) is 4.62. The van der Waals surface area contributed by atoms with Crippen LogP contribution >= 0.6 is 11.3 Å². The number of nitrogen functional groups attached to an aromatic ring is 1. The average molecular weight is 223 g/mol. The number of hydrazine groups is 1. The largest absolute Gasteiger partial charge is 0.300 e. The van der Waals surface area contributed by atoms with Gasteiger partial charge in [0.15, 0.2) is 5.13 Å². The van der Waals surface area contributed by atoms with Crippen LogP contribution in [0.4, 0.5) is 5.13 Å². The van der Waals surface area contributed by atoms with E-state index in [9.17, 15) is 0 Å². The molecule has 1 aromatic rings. The highest BCUT2D eigenvalue weighted by Crippen LogP contribution is 2.68. The highest BCUT2D eigenvalue weighted by atomic mass is 32.1. The minimum absolute atomic E-state index is 0.262. The molecule has 0 spiro atoms. The monoisotopic (exact) mass is 223 g/mol. The summed E-state index contributed by atoms with van der Waals surface area (Å²) in [4.78, 5) is 6.12. The Morgan fingerprint density at radius 1 is 1.47 bits per heavy atom. The predicted molar refractivity (Wildman–Crippen MR) is 63.0 cm³/mol. The van der Waals surface area contributed by atoms with Crippen LogP contribution in [0.2, 0.25) is 0 Å². The lowest BCUT2D eigenvalue weighted by molar-refractivity contribution is 0.227. The molecule has 15 heavy (non-hydrogen) atoms. The van der Waals surface area contributed by atoms with Gasteiger partial charge in [-0.2, -0.15) is 0 Å². The van der Waals surface area contributed by atoms with Gasteiger partial charge in [-0.1, -0.05) is 20.8 Å². The number of hydrogen-bond acceptors (Lipinski definition) is 4. The molecule has 1 fully saturated rings. The van der Waals surface area contributed by atoms with Crippen LogP contribution in [0.15, 0.2) is 0 Å². The molecule has 2 atom stereocenters. The van der Waals surface area contributed by atoms with Gasteiger partial charge < -0.3 is 0 Å². The zero-order valence-corrected chi connectivity index (χ0v) is 10.2. The summed E-state index contributed by atoms with van der Waals surface area (Å²) in [7, 11) is 0. The van der Waals surface area contributed by atoms with Crippen molar-refractivity contribution >= 4 is 16.5 Å². The molecule has 2 aliphatic carbocycles. The lowest BCUT2D eigenvalue weighted by Crippen LogP contribution is -2.32. The van der Waals surface area contributed by atoms with E-state index in [1.54, 1.807) is 11.3 Å². The van der Waals surface area contributed by atoms with Gasteiger partial charge in [0.05, 0.1) is 5.69 Å². The molecular formula is C11H17N3S. The number of thiazole rings is 1. The quantitative estimate of drug-likeness (QED) is 0.568. The van der Waals surface area contributed by atoms with Crippen LogP contribution < -0.4 is 11.3 Å². The molecular weight excluding hydrogens is 206 g/mol. The zero-order chi connectivity index (χ0) is 10.8. The summed E-state index contributed by atoms with van der Waals surface area (Å²) < 4.78 is 0. The summed E-state index contributed by atoms with van der Waals surface area (Å²) in [5.74, 6) is 6.12. The Bertz CT molecular complexity index is 423. The molecule has 0 aliphatic heterocycles. The standard InChI is InChI=1S/C11H17N3S/c1-10(2)6-4-5-11(10,3)8-7(6)15-9(13-8)14-12/h6H,4-5,12H2,1-3H3,(H,13,14). The molecule has 3 rings (SSSR count). The van der Waals surface area contributed by atoms with Gasteiger partial charge in [0.1, 0.15) is 0 Å². The van der Waals surface area contributed by atoms with Crippen molar-refractivity contribution in [1.29, 1.82) is 0 Å². The first-order valence-corrected chi connectivity index (χ1v) is 6.30. The van der Waals surface area contributed by atoms with Crippen molar-refractivity contribution in [3.8, 4) is 0 Å². The molecule has 0 aromatic carbocycles. The van der Waals surface area contributed by atoms with Gasteiger partial charge in [-0.25, -0.2) is 10.8 Å². The minimum atomic E-state index is 0.262. The Labute approximate surface area is 94.1 Å². The van der Waals surface area contributed by atoms with Crippen molar-refractivity contribution in [3.63, 3.8) is 0 Å². The van der Waals surface area contributed by atoms with E-state index < -0.39 is 0 Å². The van der Waals surface area contributed by atoms with E-state index in [2.05, 4.69) is 31.2 Å². The van der Waals surface area contributed by atoms with Crippen molar-refractivity contribution in [3.05, 3.63) is 10.6 Å². The maximum Gasteiger partial charge on any atom is 0.197 e. The highest BCUT2D eigenvalue weighted by molar-refractivity contribution is 7.15. The number of nitrogens with two attached hydrogens (primary N) is 1. The average Bonchev–Trinajstić information content (AvgIpc) is 2.74. The van der Waals surface area contributed by atoms with Crippen LogP contribution in [0.3, 0.4) is 0 Å². The van der Waals surface area contributed by atoms with Gasteiger partial charge in [-0.05, 0) is 18.3 Å². The van der Waals surface area contributed by atoms with Crippen LogP contribution in [-0.4, -0.2) is 4.98 Å². The molecule has 1 saturated carbocycles. The number of aromatic nitrogens is 1. The first-order valence-electron chi connectivity index (χ1n) is 5.48. The molecule has 1 heterocycles. The van der Waals surface area contributed by atoms with Crippen LogP contribution in [0, 0.1) is 5.41 Å². The lowest BCUT2D eigenvalue weighted by Gasteiger charge is -2.34. The van der Waals surface area contributed by atoms with E-state index in [0.717, 1.165) is 5.13 Å². The van der Waals surface area contributed by atoms with Gasteiger partial charge in [0.25, 0.3) is 0 Å². The van der Waals surface area contributed by atoms with E-state index in [0.29, 0.717) is 11.3 Å². The number of nitrogens with zero attached hydrogens (tertiary/aromatic N) is 1. The normalized spacial score (nSPS) is 35.6. The summed E-state index contributed by atoms with van der Waals surface area (Å²) in [6, 6.07) is 0. The Balaban J connectivity index is 2.20. The number of fused-ring (bicyclic) bond motifs is 5. The number of anilines is 1. The Morgan fingerprint density at radius 2 is 2.20 bits per heavy atom. The molecule has 3 N–H and O–H groups in total. The molecule has 4 heteroatoms. The molecule has 3 nitrogen and oxygen atoms in total. The van der Waals surface area contributed by atoms with E-state index in [-0.39, 0.29) is 5.41 Å². The Kier molecular flexibility index (Phi) is 1.63. The van der Waals surface area contributed by atoms with Gasteiger partial charge in [0, 0.05) is 16.2 Å². The third-order valence-corrected chi connectivity index (χ3v) is 5.94. The van der Waals surface area contributed by atoms with Crippen LogP contribution in [-0.2, 0) is 5.41 Å². The summed E-state index contributed by atoms with van der Waals surface area (Å²) in [5, 5.41) is 0.869. The molecule has 0 amide bonds. The second-order valence-electron chi connectivity index (χ2n) is 5.52. The molecule has 82 valence electrons. The predicted octanol–water partition coefficient (Wildman–Crippen LogP) is 2.60. The van der Waals surface area contributed by atoms with E-state index in [1.165, 1.54) is 23.4 Å². The van der Waals surface area contributed by atoms with Crippen LogP contribution in [0.25, 0.3) is 0 Å². The van der Waals surface area contributed by atoms with Crippen LogP contribution in [0.5, 0.6) is 0 Å². The Morgan fingerprint density at radius 3 is 2.80 bits per heavy atom. The molecule has 2 unspecified atom stereocenters. The molecule has 1 aromatic heterocycles. The zero-order valence-electron chi connectivity index (χ0n) is 9.42. The van der Waals surface area contributed by atoms with Crippen molar-refractivity contribution in [2.45, 2.75) is 44.9 Å². The number of hydrogen-bond donors (Lipinski definition) is 2. The lowest BCUT2D eigenvalue weighted by atomic mass is 9.70. The second-order valence-corrected chi connectivity index (χ2v) is 6.55. The van der Waals surface area contributed by atoms with Gasteiger partial charge in [-0.15, -0.1) is 11.3 Å². The van der Waals surface area contributed by atoms with Crippen molar-refractivity contribution in [2.24, 2.45) is 11.3 Å². The van der Waals surface area contributed by atoms with Gasteiger partial charge >= 0.3 is 0 Å². The fourth-order valence-electron chi connectivity index (χ4n) is 3.41.